The maximum Gasteiger partial charge on any atom is 0.358 e. The zero-order chi connectivity index (χ0) is 14.8. The van der Waals surface area contributed by atoms with Crippen LogP contribution in [-0.2, 0) is 6.54 Å². The van der Waals surface area contributed by atoms with E-state index in [0.29, 0.717) is 23.0 Å². The van der Waals surface area contributed by atoms with Gasteiger partial charge in [0.1, 0.15) is 12.2 Å². The average Bonchev–Trinajstić information content (AvgIpc) is 3.07. The lowest BCUT2D eigenvalue weighted by atomic mass is 10.1. The molecular formula is C12H10N6O3. The van der Waals surface area contributed by atoms with Crippen LogP contribution in [0.3, 0.4) is 0 Å². The summed E-state index contributed by atoms with van der Waals surface area (Å²) in [5, 5.41) is 24.4. The van der Waals surface area contributed by atoms with Crippen LogP contribution in [0, 0.1) is 6.92 Å². The maximum atomic E-state index is 11.3. The van der Waals surface area contributed by atoms with Crippen LogP contribution < -0.4 is 0 Å². The van der Waals surface area contributed by atoms with Crippen molar-refractivity contribution in [2.75, 3.05) is 0 Å². The van der Waals surface area contributed by atoms with Crippen molar-refractivity contribution in [1.82, 2.24) is 30.2 Å². The van der Waals surface area contributed by atoms with E-state index in [-0.39, 0.29) is 12.2 Å². The molecule has 0 aliphatic rings. The molecule has 21 heavy (non-hydrogen) atoms. The van der Waals surface area contributed by atoms with E-state index < -0.39 is 5.97 Å². The molecule has 0 radical (unpaired) electrons. The van der Waals surface area contributed by atoms with Gasteiger partial charge in [-0.05, 0) is 12.1 Å². The Morgan fingerprint density at radius 2 is 2.05 bits per heavy atom. The van der Waals surface area contributed by atoms with Crippen molar-refractivity contribution in [1.29, 1.82) is 0 Å². The van der Waals surface area contributed by atoms with Crippen molar-refractivity contribution in [3.05, 3.63) is 42.0 Å². The van der Waals surface area contributed by atoms with Gasteiger partial charge in [-0.1, -0.05) is 5.21 Å². The highest BCUT2D eigenvalue weighted by atomic mass is 16.4. The summed E-state index contributed by atoms with van der Waals surface area (Å²) in [6.45, 7) is 1.81. The van der Waals surface area contributed by atoms with Crippen LogP contribution in [0.4, 0.5) is 0 Å². The quantitative estimate of drug-likeness (QED) is 0.747. The number of aromatic carboxylic acids is 1. The number of hydrogen-bond acceptors (Lipinski definition) is 7. The molecule has 0 spiro atoms. The predicted molar refractivity (Wildman–Crippen MR) is 68.3 cm³/mol. The zero-order valence-corrected chi connectivity index (χ0v) is 11.0. The summed E-state index contributed by atoms with van der Waals surface area (Å²) in [4.78, 5) is 15.2. The summed E-state index contributed by atoms with van der Waals surface area (Å²) in [6, 6.07) is 3.36. The molecule has 0 saturated carbocycles. The average molecular weight is 286 g/mol. The lowest BCUT2D eigenvalue weighted by molar-refractivity contribution is 0.0691. The molecule has 0 atom stereocenters. The van der Waals surface area contributed by atoms with Crippen molar-refractivity contribution in [2.45, 2.75) is 13.5 Å². The first-order valence-electron chi connectivity index (χ1n) is 6.01. The smallest absolute Gasteiger partial charge is 0.358 e. The second-order valence-electron chi connectivity index (χ2n) is 4.20. The summed E-state index contributed by atoms with van der Waals surface area (Å²) in [5.74, 6) is -0.409. The molecule has 3 aromatic heterocycles. The Hall–Kier alpha value is -3.10. The number of aryl methyl sites for hydroxylation is 1. The lowest BCUT2D eigenvalue weighted by Gasteiger charge is -2.04. The van der Waals surface area contributed by atoms with Crippen LogP contribution in [-0.4, -0.2) is 41.3 Å². The number of rotatable bonds is 4. The first-order valence-corrected chi connectivity index (χ1v) is 6.01. The van der Waals surface area contributed by atoms with Gasteiger partial charge in [0.25, 0.3) is 0 Å². The van der Waals surface area contributed by atoms with Crippen LogP contribution >= 0.6 is 0 Å². The first kappa shape index (κ1) is 12.9. The van der Waals surface area contributed by atoms with E-state index in [1.807, 2.05) is 0 Å². The summed E-state index contributed by atoms with van der Waals surface area (Å²) in [6.07, 6.45) is 3.13. The molecule has 1 N–H and O–H groups in total. The number of hydrogen-bond donors (Lipinski definition) is 1. The third-order valence-corrected chi connectivity index (χ3v) is 2.74. The Bertz CT molecular complexity index is 779. The number of carbonyl (C=O) groups is 1. The Morgan fingerprint density at radius 3 is 2.67 bits per heavy atom. The molecule has 0 unspecified atom stereocenters. The van der Waals surface area contributed by atoms with Crippen LogP contribution in [0.15, 0.2) is 28.9 Å². The summed E-state index contributed by atoms with van der Waals surface area (Å²) < 4.78 is 6.69. The molecule has 106 valence electrons. The topological polar surface area (TPSA) is 120 Å². The molecular weight excluding hydrogens is 276 g/mol. The second kappa shape index (κ2) is 5.12. The van der Waals surface area contributed by atoms with E-state index >= 15 is 0 Å². The number of nitrogens with zero attached hydrogens (tertiary/aromatic N) is 6. The van der Waals surface area contributed by atoms with E-state index in [4.69, 9.17) is 4.42 Å². The van der Waals surface area contributed by atoms with Crippen molar-refractivity contribution in [2.24, 2.45) is 0 Å². The summed E-state index contributed by atoms with van der Waals surface area (Å²) in [5.41, 5.74) is 0.863. The van der Waals surface area contributed by atoms with Crippen LogP contribution in [0.5, 0.6) is 0 Å². The fourth-order valence-electron chi connectivity index (χ4n) is 1.89. The minimum Gasteiger partial charge on any atom is -0.476 e. The predicted octanol–water partition coefficient (Wildman–Crippen LogP) is 0.778. The van der Waals surface area contributed by atoms with Gasteiger partial charge in [-0.25, -0.2) is 9.48 Å². The van der Waals surface area contributed by atoms with Gasteiger partial charge < -0.3 is 9.52 Å². The van der Waals surface area contributed by atoms with Crippen LogP contribution in [0.2, 0.25) is 0 Å². The second-order valence-corrected chi connectivity index (χ2v) is 4.20. The molecule has 0 saturated heterocycles. The van der Waals surface area contributed by atoms with Crippen molar-refractivity contribution < 1.29 is 14.3 Å². The minimum atomic E-state index is -1.16. The number of carboxylic acid groups (broad SMARTS) is 1. The van der Waals surface area contributed by atoms with Gasteiger partial charge in [0.15, 0.2) is 5.69 Å². The third-order valence-electron chi connectivity index (χ3n) is 2.74. The molecule has 0 aromatic carbocycles. The number of aromatic nitrogens is 6. The zero-order valence-electron chi connectivity index (χ0n) is 11.0. The molecule has 3 rings (SSSR count). The molecule has 9 nitrogen and oxygen atoms in total. The Kier molecular flexibility index (Phi) is 3.14. The van der Waals surface area contributed by atoms with Gasteiger partial charge in [-0.2, -0.15) is 0 Å². The van der Waals surface area contributed by atoms with Gasteiger partial charge in [0.05, 0.1) is 0 Å². The Balaban J connectivity index is 2.07. The highest BCUT2D eigenvalue weighted by Gasteiger charge is 2.21. The highest BCUT2D eigenvalue weighted by Crippen LogP contribution is 2.22. The van der Waals surface area contributed by atoms with E-state index in [1.54, 1.807) is 31.5 Å². The van der Waals surface area contributed by atoms with Crippen molar-refractivity contribution >= 4 is 5.97 Å². The van der Waals surface area contributed by atoms with E-state index in [9.17, 15) is 9.90 Å². The molecule has 0 amide bonds. The normalized spacial score (nSPS) is 10.7. The minimum absolute atomic E-state index is 0.138. The van der Waals surface area contributed by atoms with E-state index in [2.05, 4.69) is 25.5 Å². The van der Waals surface area contributed by atoms with Crippen LogP contribution in [0.1, 0.15) is 22.3 Å². The fraction of sp³-hybridized carbons (Fsp3) is 0.167. The molecule has 3 aromatic rings. The van der Waals surface area contributed by atoms with E-state index in [0.717, 1.165) is 0 Å². The number of pyridine rings is 1. The summed E-state index contributed by atoms with van der Waals surface area (Å²) >= 11 is 0. The summed E-state index contributed by atoms with van der Waals surface area (Å²) in [7, 11) is 0. The standard InChI is InChI=1S/C12H10N6O3/c1-7-14-15-9(21-7)6-18-11(8-2-4-13-5-3-8)10(12(19)20)16-17-18/h2-5H,6H2,1H3,(H,19,20). The van der Waals surface area contributed by atoms with Gasteiger partial charge in [-0.3, -0.25) is 4.98 Å². The van der Waals surface area contributed by atoms with Gasteiger partial charge in [-0.15, -0.1) is 15.3 Å². The van der Waals surface area contributed by atoms with Gasteiger partial charge >= 0.3 is 5.97 Å². The largest absolute Gasteiger partial charge is 0.476 e. The van der Waals surface area contributed by atoms with Gasteiger partial charge in [0, 0.05) is 24.9 Å². The maximum absolute atomic E-state index is 11.3. The molecule has 3 heterocycles. The van der Waals surface area contributed by atoms with Crippen molar-refractivity contribution in [3.63, 3.8) is 0 Å². The fourth-order valence-corrected chi connectivity index (χ4v) is 1.89. The Morgan fingerprint density at radius 1 is 1.29 bits per heavy atom. The lowest BCUT2D eigenvalue weighted by Crippen LogP contribution is -2.06. The SMILES string of the molecule is Cc1nnc(Cn2nnc(C(=O)O)c2-c2ccncc2)o1. The van der Waals surface area contributed by atoms with Gasteiger partial charge in [0.2, 0.25) is 11.8 Å². The van der Waals surface area contributed by atoms with Crippen molar-refractivity contribution in [3.8, 4) is 11.3 Å². The molecule has 9 heteroatoms. The monoisotopic (exact) mass is 286 g/mol. The molecule has 0 aliphatic heterocycles. The first-order chi connectivity index (χ1) is 10.1. The van der Waals surface area contributed by atoms with Crippen LogP contribution in [0.25, 0.3) is 11.3 Å². The molecule has 0 aliphatic carbocycles. The highest BCUT2D eigenvalue weighted by molar-refractivity contribution is 5.92. The molecule has 0 bridgehead atoms. The number of carboxylic acids is 1. The van der Waals surface area contributed by atoms with E-state index in [1.165, 1.54) is 4.68 Å². The third kappa shape index (κ3) is 2.48. The molecule has 0 fully saturated rings. The Labute approximate surface area is 118 Å².